The summed E-state index contributed by atoms with van der Waals surface area (Å²) in [5.74, 6) is 5.06. The molecule has 0 aliphatic carbocycles. The van der Waals surface area contributed by atoms with Gasteiger partial charge >= 0.3 is 11.7 Å². The van der Waals surface area contributed by atoms with Crippen LogP contribution in [0, 0.1) is 11.8 Å². The number of aromatic amines is 2. The summed E-state index contributed by atoms with van der Waals surface area (Å²) in [6.07, 6.45) is -0.00609. The monoisotopic (exact) mass is 272 g/mol. The summed E-state index contributed by atoms with van der Waals surface area (Å²) in [6.45, 7) is 2.04. The van der Waals surface area contributed by atoms with Crippen molar-refractivity contribution in [3.8, 4) is 11.8 Å². The number of hydrogen-bond donors (Lipinski definition) is 2. The molecule has 0 fully saturated rings. The largest absolute Gasteiger partial charge is 0.465 e. The predicted octanol–water partition coefficient (Wildman–Crippen LogP) is 0.521. The van der Waals surface area contributed by atoms with Crippen LogP contribution in [0.15, 0.2) is 27.8 Å². The zero-order valence-corrected chi connectivity index (χ0v) is 10.8. The van der Waals surface area contributed by atoms with E-state index in [0.717, 1.165) is 0 Å². The molecule has 20 heavy (non-hydrogen) atoms. The highest BCUT2D eigenvalue weighted by Crippen LogP contribution is 2.07. The van der Waals surface area contributed by atoms with Crippen molar-refractivity contribution in [2.24, 2.45) is 0 Å². The van der Waals surface area contributed by atoms with Gasteiger partial charge in [0.15, 0.2) is 0 Å². The van der Waals surface area contributed by atoms with E-state index < -0.39 is 11.2 Å². The molecule has 1 aromatic carbocycles. The number of rotatable bonds is 2. The molecular formula is C14H12N2O4. The Morgan fingerprint density at radius 2 is 2.10 bits per heavy atom. The average Bonchev–Trinajstić information content (AvgIpc) is 2.39. The highest BCUT2D eigenvalue weighted by molar-refractivity contribution is 5.79. The molecule has 0 aliphatic heterocycles. The zero-order chi connectivity index (χ0) is 14.5. The molecule has 1 heterocycles. The lowest BCUT2D eigenvalue weighted by Crippen LogP contribution is -2.21. The summed E-state index contributed by atoms with van der Waals surface area (Å²) in [6, 6.07) is 4.82. The summed E-state index contributed by atoms with van der Waals surface area (Å²) in [7, 11) is 0. The van der Waals surface area contributed by atoms with Gasteiger partial charge in [-0.15, -0.1) is 0 Å². The predicted molar refractivity (Wildman–Crippen MR) is 73.3 cm³/mol. The summed E-state index contributed by atoms with van der Waals surface area (Å²) in [5, 5.41) is 0.340. The first-order valence-electron chi connectivity index (χ1n) is 6.01. The fourth-order valence-electron chi connectivity index (χ4n) is 1.67. The van der Waals surface area contributed by atoms with E-state index in [1.165, 1.54) is 0 Å². The highest BCUT2D eigenvalue weighted by atomic mass is 16.5. The standard InChI is InChI=1S/C14H12N2O4/c1-2-20-12(17)5-3-4-9-6-7-11-10(8-9)13(18)16-14(19)15-11/h6-8H,2,5H2,1H3,(H2,15,16,18,19). The first-order valence-corrected chi connectivity index (χ1v) is 6.01. The smallest absolute Gasteiger partial charge is 0.326 e. The number of carbonyl (C=O) groups is 1. The molecule has 0 bridgehead atoms. The van der Waals surface area contributed by atoms with Crippen LogP contribution in [0.25, 0.3) is 10.9 Å². The molecule has 0 saturated heterocycles. The highest BCUT2D eigenvalue weighted by Gasteiger charge is 2.01. The molecule has 102 valence electrons. The van der Waals surface area contributed by atoms with Gasteiger partial charge in [0.1, 0.15) is 6.42 Å². The molecule has 0 spiro atoms. The van der Waals surface area contributed by atoms with Crippen LogP contribution in [0.1, 0.15) is 18.9 Å². The molecule has 2 rings (SSSR count). The van der Waals surface area contributed by atoms with Gasteiger partial charge in [-0.25, -0.2) is 4.79 Å². The Balaban J connectivity index is 2.29. The molecule has 0 saturated carbocycles. The lowest BCUT2D eigenvalue weighted by molar-refractivity contribution is -0.141. The number of hydrogen-bond acceptors (Lipinski definition) is 4. The second-order valence-corrected chi connectivity index (χ2v) is 3.95. The lowest BCUT2D eigenvalue weighted by atomic mass is 10.1. The van der Waals surface area contributed by atoms with E-state index >= 15 is 0 Å². The van der Waals surface area contributed by atoms with Crippen LogP contribution in [0.2, 0.25) is 0 Å². The summed E-state index contributed by atoms with van der Waals surface area (Å²) >= 11 is 0. The van der Waals surface area contributed by atoms with Gasteiger partial charge in [-0.2, -0.15) is 0 Å². The van der Waals surface area contributed by atoms with Gasteiger partial charge in [0.05, 0.1) is 17.5 Å². The Morgan fingerprint density at radius 1 is 1.30 bits per heavy atom. The normalized spacial score (nSPS) is 9.85. The van der Waals surface area contributed by atoms with Crippen molar-refractivity contribution in [3.63, 3.8) is 0 Å². The van der Waals surface area contributed by atoms with Crippen LogP contribution in [0.3, 0.4) is 0 Å². The Bertz CT molecular complexity index is 821. The fraction of sp³-hybridized carbons (Fsp3) is 0.214. The third-order valence-electron chi connectivity index (χ3n) is 2.51. The van der Waals surface area contributed by atoms with E-state index in [2.05, 4.69) is 21.8 Å². The van der Waals surface area contributed by atoms with E-state index in [9.17, 15) is 14.4 Å². The number of nitrogens with one attached hydrogen (secondary N) is 2. The number of carbonyl (C=O) groups excluding carboxylic acids is 1. The SMILES string of the molecule is CCOC(=O)CC#Cc1ccc2[nH]c(=O)[nH]c(=O)c2c1. The van der Waals surface area contributed by atoms with Crippen LogP contribution >= 0.6 is 0 Å². The molecule has 2 N–H and O–H groups in total. The third-order valence-corrected chi connectivity index (χ3v) is 2.51. The molecule has 0 amide bonds. The van der Waals surface area contributed by atoms with E-state index in [4.69, 9.17) is 4.74 Å². The van der Waals surface area contributed by atoms with Crippen molar-refractivity contribution in [2.75, 3.05) is 6.61 Å². The number of ether oxygens (including phenoxy) is 1. The van der Waals surface area contributed by atoms with E-state index in [1.54, 1.807) is 25.1 Å². The van der Waals surface area contributed by atoms with Gasteiger partial charge < -0.3 is 9.72 Å². The Morgan fingerprint density at radius 3 is 2.85 bits per heavy atom. The van der Waals surface area contributed by atoms with E-state index in [0.29, 0.717) is 23.1 Å². The average molecular weight is 272 g/mol. The van der Waals surface area contributed by atoms with Crippen LogP contribution < -0.4 is 11.2 Å². The van der Waals surface area contributed by atoms with Gasteiger partial charge in [0.2, 0.25) is 0 Å². The van der Waals surface area contributed by atoms with Crippen molar-refractivity contribution >= 4 is 16.9 Å². The summed E-state index contributed by atoms with van der Waals surface area (Å²) in [5.41, 5.74) is -0.00419. The minimum Gasteiger partial charge on any atom is -0.465 e. The first-order chi connectivity index (χ1) is 9.60. The number of aromatic nitrogens is 2. The molecule has 6 nitrogen and oxygen atoms in total. The summed E-state index contributed by atoms with van der Waals surface area (Å²) < 4.78 is 4.75. The lowest BCUT2D eigenvalue weighted by Gasteiger charge is -1.97. The fourth-order valence-corrected chi connectivity index (χ4v) is 1.67. The van der Waals surface area contributed by atoms with Gasteiger partial charge in [-0.1, -0.05) is 11.8 Å². The topological polar surface area (TPSA) is 92.0 Å². The minimum absolute atomic E-state index is 0.00609. The molecule has 2 aromatic rings. The van der Waals surface area contributed by atoms with Crippen LogP contribution in [-0.4, -0.2) is 22.5 Å². The Labute approximate surface area is 113 Å². The van der Waals surface area contributed by atoms with Crippen LogP contribution in [0.5, 0.6) is 0 Å². The van der Waals surface area contributed by atoms with Crippen LogP contribution in [-0.2, 0) is 9.53 Å². The molecule has 0 atom stereocenters. The number of fused-ring (bicyclic) bond motifs is 1. The van der Waals surface area contributed by atoms with Crippen molar-refractivity contribution in [1.29, 1.82) is 0 Å². The Hall–Kier alpha value is -2.81. The van der Waals surface area contributed by atoms with Crippen molar-refractivity contribution in [1.82, 2.24) is 9.97 Å². The maximum Gasteiger partial charge on any atom is 0.326 e. The van der Waals surface area contributed by atoms with Crippen molar-refractivity contribution in [3.05, 3.63) is 44.6 Å². The molecule has 1 aromatic heterocycles. The maximum atomic E-state index is 11.6. The number of H-pyrrole nitrogens is 2. The molecule has 0 aliphatic rings. The van der Waals surface area contributed by atoms with Crippen LogP contribution in [0.4, 0.5) is 0 Å². The molecule has 0 radical (unpaired) electrons. The summed E-state index contributed by atoms with van der Waals surface area (Å²) in [4.78, 5) is 38.5. The molecule has 6 heteroatoms. The van der Waals surface area contributed by atoms with Gasteiger partial charge in [0.25, 0.3) is 5.56 Å². The third kappa shape index (κ3) is 3.14. The van der Waals surface area contributed by atoms with E-state index in [-0.39, 0.29) is 12.4 Å². The van der Waals surface area contributed by atoms with Gasteiger partial charge in [-0.05, 0) is 25.1 Å². The van der Waals surface area contributed by atoms with Gasteiger partial charge in [0, 0.05) is 5.56 Å². The van der Waals surface area contributed by atoms with Gasteiger partial charge in [-0.3, -0.25) is 14.6 Å². The second kappa shape index (κ2) is 5.89. The first kappa shape index (κ1) is 13.6. The second-order valence-electron chi connectivity index (χ2n) is 3.95. The zero-order valence-electron chi connectivity index (χ0n) is 10.8. The van der Waals surface area contributed by atoms with Crippen molar-refractivity contribution < 1.29 is 9.53 Å². The number of benzene rings is 1. The number of esters is 1. The molecule has 0 unspecified atom stereocenters. The minimum atomic E-state index is -0.552. The van der Waals surface area contributed by atoms with Crippen molar-refractivity contribution in [2.45, 2.75) is 13.3 Å². The quantitative estimate of drug-likeness (QED) is 0.616. The molecular weight excluding hydrogens is 260 g/mol. The maximum absolute atomic E-state index is 11.6. The Kier molecular flexibility index (Phi) is 4.01. The van der Waals surface area contributed by atoms with E-state index in [1.807, 2.05) is 0 Å².